The molecule has 0 radical (unpaired) electrons. The number of halogens is 1. The molecule has 152 valence electrons. The number of para-hydroxylation sites is 1. The lowest BCUT2D eigenvalue weighted by Crippen LogP contribution is -2.48. The van der Waals surface area contributed by atoms with Crippen molar-refractivity contribution < 1.29 is 9.21 Å². The van der Waals surface area contributed by atoms with Crippen LogP contribution in [0, 0.1) is 0 Å². The summed E-state index contributed by atoms with van der Waals surface area (Å²) in [5.74, 6) is 0.342. The number of hydrogen-bond acceptors (Lipinski definition) is 3. The first-order valence-corrected chi connectivity index (χ1v) is 9.99. The molecule has 0 atom stereocenters. The van der Waals surface area contributed by atoms with E-state index in [2.05, 4.69) is 35.2 Å². The van der Waals surface area contributed by atoms with Gasteiger partial charge in [0.2, 0.25) is 0 Å². The van der Waals surface area contributed by atoms with Crippen molar-refractivity contribution in [2.75, 3.05) is 24.5 Å². The summed E-state index contributed by atoms with van der Waals surface area (Å²) in [4.78, 5) is 17.5. The smallest absolute Gasteiger partial charge is 0.294 e. The lowest BCUT2D eigenvalue weighted by Gasteiger charge is -2.38. The minimum atomic E-state index is -0.0565. The average molecular weight is 411 g/mol. The fourth-order valence-corrected chi connectivity index (χ4v) is 3.93. The van der Waals surface area contributed by atoms with E-state index in [1.165, 1.54) is 5.56 Å². The van der Waals surface area contributed by atoms with Gasteiger partial charge in [0, 0.05) is 31.4 Å². The summed E-state index contributed by atoms with van der Waals surface area (Å²) < 4.78 is 5.40. The van der Waals surface area contributed by atoms with Crippen LogP contribution in [0.15, 0.2) is 83.5 Å². The molecule has 1 aliphatic rings. The number of anilines is 1. The van der Waals surface area contributed by atoms with E-state index < -0.39 is 0 Å². The van der Waals surface area contributed by atoms with Crippen molar-refractivity contribution in [3.8, 4) is 0 Å². The predicted molar refractivity (Wildman–Crippen MR) is 119 cm³/mol. The third kappa shape index (κ3) is 5.28. The second kappa shape index (κ2) is 10.3. The minimum Gasteiger partial charge on any atom is -0.459 e. The minimum absolute atomic E-state index is 0. The molecular weight excluding hydrogens is 384 g/mol. The van der Waals surface area contributed by atoms with Gasteiger partial charge in [-0.05, 0) is 49.1 Å². The first kappa shape index (κ1) is 21.2. The summed E-state index contributed by atoms with van der Waals surface area (Å²) >= 11 is 0. The summed E-state index contributed by atoms with van der Waals surface area (Å²) in [5, 5.41) is 0. The van der Waals surface area contributed by atoms with Gasteiger partial charge >= 0.3 is 0 Å². The number of piperidine rings is 1. The van der Waals surface area contributed by atoms with Crippen molar-refractivity contribution in [1.82, 2.24) is 4.90 Å². The van der Waals surface area contributed by atoms with Crippen molar-refractivity contribution in [2.24, 2.45) is 0 Å². The Bertz CT molecular complexity index is 860. The quantitative estimate of drug-likeness (QED) is 0.570. The molecule has 1 aromatic heterocycles. The Labute approximate surface area is 178 Å². The van der Waals surface area contributed by atoms with E-state index >= 15 is 0 Å². The Morgan fingerprint density at radius 2 is 1.59 bits per heavy atom. The number of carbonyl (C=O) groups excluding carboxylic acids is 1. The van der Waals surface area contributed by atoms with E-state index in [0.717, 1.165) is 44.6 Å². The molecule has 0 spiro atoms. The monoisotopic (exact) mass is 410 g/mol. The third-order valence-corrected chi connectivity index (χ3v) is 5.47. The van der Waals surface area contributed by atoms with Crippen molar-refractivity contribution in [1.29, 1.82) is 0 Å². The van der Waals surface area contributed by atoms with E-state index in [0.29, 0.717) is 5.76 Å². The lowest BCUT2D eigenvalue weighted by atomic mass is 10.0. The number of hydrogen-bond donors (Lipinski definition) is 0. The molecule has 2 aromatic carbocycles. The summed E-state index contributed by atoms with van der Waals surface area (Å²) in [6.45, 7) is 3.08. The number of carbonyl (C=O) groups is 1. The molecule has 2 heterocycles. The standard InChI is InChI=1S/C24H26N2O2.ClH/c27-24(23-12-7-19-28-23)26(21-10-5-2-6-11-21)22-14-17-25(18-15-22)16-13-20-8-3-1-4-9-20;/h1-12,19,22H,13-18H2;1H. The number of likely N-dealkylation sites (tertiary alicyclic amines) is 1. The van der Waals surface area contributed by atoms with Gasteiger partial charge in [0.25, 0.3) is 5.91 Å². The van der Waals surface area contributed by atoms with Crippen molar-refractivity contribution >= 4 is 24.0 Å². The Kier molecular flexibility index (Phi) is 7.50. The van der Waals surface area contributed by atoms with Crippen LogP contribution >= 0.6 is 12.4 Å². The zero-order valence-corrected chi connectivity index (χ0v) is 17.3. The molecule has 1 saturated heterocycles. The summed E-state index contributed by atoms with van der Waals surface area (Å²) in [6, 6.07) is 24.3. The van der Waals surface area contributed by atoms with Gasteiger partial charge in [-0.1, -0.05) is 48.5 Å². The van der Waals surface area contributed by atoms with Gasteiger partial charge in [-0.15, -0.1) is 12.4 Å². The maximum absolute atomic E-state index is 13.1. The Morgan fingerprint density at radius 3 is 2.21 bits per heavy atom. The van der Waals surface area contributed by atoms with Crippen LogP contribution in [0.1, 0.15) is 29.0 Å². The molecule has 1 fully saturated rings. The largest absolute Gasteiger partial charge is 0.459 e. The summed E-state index contributed by atoms with van der Waals surface area (Å²) in [5.41, 5.74) is 2.31. The highest BCUT2D eigenvalue weighted by molar-refractivity contribution is 6.04. The molecular formula is C24H27ClN2O2. The topological polar surface area (TPSA) is 36.7 Å². The molecule has 1 aliphatic heterocycles. The van der Waals surface area contributed by atoms with E-state index in [4.69, 9.17) is 4.42 Å². The van der Waals surface area contributed by atoms with Crippen LogP contribution in [0.25, 0.3) is 0 Å². The van der Waals surface area contributed by atoms with Crippen molar-refractivity contribution in [3.05, 3.63) is 90.4 Å². The highest BCUT2D eigenvalue weighted by atomic mass is 35.5. The zero-order chi connectivity index (χ0) is 19.2. The zero-order valence-electron chi connectivity index (χ0n) is 16.4. The molecule has 0 saturated carbocycles. The second-order valence-corrected chi connectivity index (χ2v) is 7.30. The molecule has 0 aliphatic carbocycles. The Hall–Kier alpha value is -2.56. The van der Waals surface area contributed by atoms with Crippen LogP contribution in [0.3, 0.4) is 0 Å². The molecule has 0 N–H and O–H groups in total. The molecule has 5 heteroatoms. The van der Waals surface area contributed by atoms with E-state index in [-0.39, 0.29) is 24.4 Å². The first-order chi connectivity index (χ1) is 13.8. The van der Waals surface area contributed by atoms with Gasteiger partial charge in [0.1, 0.15) is 0 Å². The summed E-state index contributed by atoms with van der Waals surface area (Å²) in [6.07, 6.45) is 4.56. The molecule has 0 bridgehead atoms. The van der Waals surface area contributed by atoms with Gasteiger partial charge in [-0.2, -0.15) is 0 Å². The van der Waals surface area contributed by atoms with Crippen LogP contribution in [-0.4, -0.2) is 36.5 Å². The van der Waals surface area contributed by atoms with Crippen LogP contribution in [0.2, 0.25) is 0 Å². The normalized spacial score (nSPS) is 14.9. The van der Waals surface area contributed by atoms with Crippen molar-refractivity contribution in [2.45, 2.75) is 25.3 Å². The number of rotatable bonds is 6. The number of benzene rings is 2. The number of furan rings is 1. The van der Waals surface area contributed by atoms with Gasteiger partial charge in [0.15, 0.2) is 5.76 Å². The number of amides is 1. The lowest BCUT2D eigenvalue weighted by molar-refractivity contribution is 0.0933. The van der Waals surface area contributed by atoms with Gasteiger partial charge < -0.3 is 14.2 Å². The SMILES string of the molecule is Cl.O=C(c1ccco1)N(c1ccccc1)C1CCN(CCc2ccccc2)CC1. The highest BCUT2D eigenvalue weighted by Crippen LogP contribution is 2.26. The molecule has 0 unspecified atom stereocenters. The van der Waals surface area contributed by atoms with Gasteiger partial charge in [-0.3, -0.25) is 4.79 Å². The summed E-state index contributed by atoms with van der Waals surface area (Å²) in [7, 11) is 0. The molecule has 1 amide bonds. The van der Waals surface area contributed by atoms with E-state index in [1.807, 2.05) is 35.2 Å². The fourth-order valence-electron chi connectivity index (χ4n) is 3.93. The average Bonchev–Trinajstić information content (AvgIpc) is 3.30. The van der Waals surface area contributed by atoms with Gasteiger partial charge in [0.05, 0.1) is 6.26 Å². The molecule has 29 heavy (non-hydrogen) atoms. The molecule has 4 rings (SSSR count). The van der Waals surface area contributed by atoms with Crippen LogP contribution in [0.4, 0.5) is 5.69 Å². The fraction of sp³-hybridized carbons (Fsp3) is 0.292. The van der Waals surface area contributed by atoms with E-state index in [9.17, 15) is 4.79 Å². The maximum Gasteiger partial charge on any atom is 0.294 e. The van der Waals surface area contributed by atoms with Crippen molar-refractivity contribution in [3.63, 3.8) is 0 Å². The second-order valence-electron chi connectivity index (χ2n) is 7.30. The Balaban J connectivity index is 0.00000240. The van der Waals surface area contributed by atoms with Crippen LogP contribution in [0.5, 0.6) is 0 Å². The van der Waals surface area contributed by atoms with Crippen LogP contribution in [-0.2, 0) is 6.42 Å². The Morgan fingerprint density at radius 1 is 0.931 bits per heavy atom. The molecule has 4 nitrogen and oxygen atoms in total. The molecule has 3 aromatic rings. The van der Waals surface area contributed by atoms with Crippen LogP contribution < -0.4 is 4.90 Å². The first-order valence-electron chi connectivity index (χ1n) is 9.99. The van der Waals surface area contributed by atoms with E-state index in [1.54, 1.807) is 18.4 Å². The van der Waals surface area contributed by atoms with Gasteiger partial charge in [-0.25, -0.2) is 0 Å². The highest BCUT2D eigenvalue weighted by Gasteiger charge is 2.30. The number of nitrogens with zero attached hydrogens (tertiary/aromatic N) is 2. The predicted octanol–water partition coefficient (Wildman–Crippen LogP) is 5.06. The maximum atomic E-state index is 13.1. The third-order valence-electron chi connectivity index (χ3n) is 5.47.